The minimum absolute atomic E-state index is 0.206. The fourth-order valence-electron chi connectivity index (χ4n) is 1.74. The summed E-state index contributed by atoms with van der Waals surface area (Å²) in [6, 6.07) is 5.83. The van der Waals surface area contributed by atoms with Crippen LogP contribution in [0.1, 0.15) is 32.8 Å². The van der Waals surface area contributed by atoms with E-state index >= 15 is 0 Å². The quantitative estimate of drug-likeness (QED) is 0.785. The van der Waals surface area contributed by atoms with Crippen LogP contribution in [0.4, 0.5) is 0 Å². The lowest BCUT2D eigenvalue weighted by atomic mass is 10.1. The lowest BCUT2D eigenvalue weighted by Gasteiger charge is -2.16. The third-order valence-electron chi connectivity index (χ3n) is 2.49. The molecule has 0 aromatic heterocycles. The van der Waals surface area contributed by atoms with Crippen molar-refractivity contribution in [1.82, 2.24) is 0 Å². The van der Waals surface area contributed by atoms with Crippen LogP contribution in [-0.4, -0.2) is 11.6 Å². The first-order valence-corrected chi connectivity index (χ1v) is 5.47. The highest BCUT2D eigenvalue weighted by Crippen LogP contribution is 2.39. The number of aryl methyl sites for hydroxylation is 1. The van der Waals surface area contributed by atoms with Gasteiger partial charge in [-0.2, -0.15) is 0 Å². The molecule has 0 radical (unpaired) electrons. The highest BCUT2D eigenvalue weighted by molar-refractivity contribution is 5.75. The van der Waals surface area contributed by atoms with E-state index in [0.717, 1.165) is 23.5 Å². The monoisotopic (exact) mass is 220 g/mol. The van der Waals surface area contributed by atoms with Crippen LogP contribution in [0.15, 0.2) is 18.2 Å². The van der Waals surface area contributed by atoms with Crippen molar-refractivity contribution in [2.75, 3.05) is 0 Å². The van der Waals surface area contributed by atoms with Crippen molar-refractivity contribution in [2.24, 2.45) is 0 Å². The van der Waals surface area contributed by atoms with Gasteiger partial charge in [0.25, 0.3) is 0 Å². The molecule has 0 amide bonds. The molecule has 3 heteroatoms. The number of carbonyl (C=O) groups is 1. The van der Waals surface area contributed by atoms with E-state index in [9.17, 15) is 4.79 Å². The van der Waals surface area contributed by atoms with Crippen LogP contribution in [0.3, 0.4) is 0 Å². The number of benzene rings is 1. The number of ketones is 1. The zero-order chi connectivity index (χ0) is 11.8. The molecule has 0 fully saturated rings. The van der Waals surface area contributed by atoms with Crippen molar-refractivity contribution >= 4 is 5.78 Å². The van der Waals surface area contributed by atoms with E-state index in [0.29, 0.717) is 6.42 Å². The number of hydrogen-bond donors (Lipinski definition) is 0. The van der Waals surface area contributed by atoms with Crippen molar-refractivity contribution in [3.05, 3.63) is 23.8 Å². The molecule has 3 nitrogen and oxygen atoms in total. The minimum Gasteiger partial charge on any atom is -0.449 e. The summed E-state index contributed by atoms with van der Waals surface area (Å²) in [6.45, 7) is 5.36. The molecule has 0 saturated heterocycles. The van der Waals surface area contributed by atoms with Crippen molar-refractivity contribution in [3.8, 4) is 11.5 Å². The number of Topliss-reactive ketones (excluding diaryl/α,β-unsaturated/α-hetero) is 1. The molecule has 1 aliphatic heterocycles. The molecule has 1 aromatic rings. The molecule has 1 heterocycles. The van der Waals surface area contributed by atoms with Crippen LogP contribution < -0.4 is 9.47 Å². The molecule has 0 unspecified atom stereocenters. The number of rotatable bonds is 3. The molecule has 1 aromatic carbocycles. The van der Waals surface area contributed by atoms with E-state index in [1.807, 2.05) is 32.0 Å². The molecule has 0 bridgehead atoms. The standard InChI is InChI=1S/C13H16O3/c1-9(14)4-5-10-6-7-11-12(8-10)16-13(2,3)15-11/h6-8H,4-5H2,1-3H3. The van der Waals surface area contributed by atoms with Crippen LogP contribution in [0.2, 0.25) is 0 Å². The summed E-state index contributed by atoms with van der Waals surface area (Å²) >= 11 is 0. The van der Waals surface area contributed by atoms with Crippen LogP contribution in [-0.2, 0) is 11.2 Å². The average Bonchev–Trinajstić information content (AvgIpc) is 2.47. The van der Waals surface area contributed by atoms with Gasteiger partial charge in [0.1, 0.15) is 5.78 Å². The Morgan fingerprint density at radius 1 is 1.25 bits per heavy atom. The van der Waals surface area contributed by atoms with Gasteiger partial charge < -0.3 is 14.3 Å². The summed E-state index contributed by atoms with van der Waals surface area (Å²) in [4.78, 5) is 10.9. The van der Waals surface area contributed by atoms with E-state index in [4.69, 9.17) is 9.47 Å². The molecule has 0 spiro atoms. The zero-order valence-electron chi connectivity index (χ0n) is 9.87. The number of hydrogen-bond acceptors (Lipinski definition) is 3. The first-order valence-electron chi connectivity index (χ1n) is 5.47. The SMILES string of the molecule is CC(=O)CCc1ccc2c(c1)OC(C)(C)O2. The molecular weight excluding hydrogens is 204 g/mol. The summed E-state index contributed by atoms with van der Waals surface area (Å²) in [5.74, 6) is 1.17. The van der Waals surface area contributed by atoms with E-state index in [2.05, 4.69) is 0 Å². The van der Waals surface area contributed by atoms with Crippen molar-refractivity contribution < 1.29 is 14.3 Å². The fourth-order valence-corrected chi connectivity index (χ4v) is 1.74. The topological polar surface area (TPSA) is 35.5 Å². The molecule has 0 N–H and O–H groups in total. The van der Waals surface area contributed by atoms with Crippen LogP contribution >= 0.6 is 0 Å². The highest BCUT2D eigenvalue weighted by Gasteiger charge is 2.31. The maximum Gasteiger partial charge on any atom is 0.246 e. The Balaban J connectivity index is 2.13. The van der Waals surface area contributed by atoms with Gasteiger partial charge in [-0.15, -0.1) is 0 Å². The van der Waals surface area contributed by atoms with Gasteiger partial charge in [0, 0.05) is 20.3 Å². The maximum absolute atomic E-state index is 10.9. The molecule has 16 heavy (non-hydrogen) atoms. The number of ether oxygens (including phenoxy) is 2. The Kier molecular flexibility index (Phi) is 2.62. The summed E-state index contributed by atoms with van der Waals surface area (Å²) in [7, 11) is 0. The molecule has 86 valence electrons. The molecule has 2 rings (SSSR count). The second-order valence-electron chi connectivity index (χ2n) is 4.59. The van der Waals surface area contributed by atoms with Gasteiger partial charge in [0.05, 0.1) is 0 Å². The first kappa shape index (κ1) is 11.0. The minimum atomic E-state index is -0.582. The van der Waals surface area contributed by atoms with Gasteiger partial charge in [0.2, 0.25) is 5.79 Å². The summed E-state index contributed by atoms with van der Waals surface area (Å²) < 4.78 is 11.2. The molecule has 1 aliphatic rings. The van der Waals surface area contributed by atoms with Crippen LogP contribution in [0.5, 0.6) is 11.5 Å². The van der Waals surface area contributed by atoms with Crippen molar-refractivity contribution in [2.45, 2.75) is 39.4 Å². The summed E-state index contributed by atoms with van der Waals surface area (Å²) in [5, 5.41) is 0. The number of fused-ring (bicyclic) bond motifs is 1. The molecular formula is C13H16O3. The lowest BCUT2D eigenvalue weighted by molar-refractivity contribution is -0.116. The van der Waals surface area contributed by atoms with E-state index < -0.39 is 5.79 Å². The predicted molar refractivity (Wildman–Crippen MR) is 60.8 cm³/mol. The average molecular weight is 220 g/mol. The van der Waals surface area contributed by atoms with Gasteiger partial charge in [-0.05, 0) is 31.0 Å². The smallest absolute Gasteiger partial charge is 0.246 e. The maximum atomic E-state index is 10.9. The Morgan fingerprint density at radius 2 is 1.94 bits per heavy atom. The van der Waals surface area contributed by atoms with Gasteiger partial charge >= 0.3 is 0 Å². The predicted octanol–water partition coefficient (Wildman–Crippen LogP) is 2.72. The lowest BCUT2D eigenvalue weighted by Crippen LogP contribution is -2.29. The van der Waals surface area contributed by atoms with Crippen LogP contribution in [0, 0.1) is 0 Å². The van der Waals surface area contributed by atoms with Gasteiger partial charge in [-0.3, -0.25) is 0 Å². The Labute approximate surface area is 95.4 Å². The van der Waals surface area contributed by atoms with Gasteiger partial charge in [0.15, 0.2) is 11.5 Å². The molecule has 0 atom stereocenters. The highest BCUT2D eigenvalue weighted by atomic mass is 16.7. The van der Waals surface area contributed by atoms with E-state index in [-0.39, 0.29) is 5.78 Å². The Bertz CT molecular complexity index is 421. The Morgan fingerprint density at radius 3 is 2.62 bits per heavy atom. The fraction of sp³-hybridized carbons (Fsp3) is 0.462. The zero-order valence-corrected chi connectivity index (χ0v) is 9.87. The third-order valence-corrected chi connectivity index (χ3v) is 2.49. The molecule has 0 aliphatic carbocycles. The second kappa shape index (κ2) is 3.81. The molecule has 0 saturated carbocycles. The van der Waals surface area contributed by atoms with Crippen molar-refractivity contribution in [3.63, 3.8) is 0 Å². The summed E-state index contributed by atoms with van der Waals surface area (Å²) in [6.07, 6.45) is 1.33. The van der Waals surface area contributed by atoms with Gasteiger partial charge in [-0.1, -0.05) is 6.07 Å². The second-order valence-corrected chi connectivity index (χ2v) is 4.59. The largest absolute Gasteiger partial charge is 0.449 e. The normalized spacial score (nSPS) is 16.2. The Hall–Kier alpha value is -1.51. The van der Waals surface area contributed by atoms with E-state index in [1.54, 1.807) is 6.92 Å². The van der Waals surface area contributed by atoms with Gasteiger partial charge in [-0.25, -0.2) is 0 Å². The van der Waals surface area contributed by atoms with Crippen molar-refractivity contribution in [1.29, 1.82) is 0 Å². The number of carbonyl (C=O) groups excluding carboxylic acids is 1. The summed E-state index contributed by atoms with van der Waals surface area (Å²) in [5.41, 5.74) is 1.11. The third kappa shape index (κ3) is 2.35. The van der Waals surface area contributed by atoms with Crippen LogP contribution in [0.25, 0.3) is 0 Å². The van der Waals surface area contributed by atoms with E-state index in [1.165, 1.54) is 0 Å². The first-order chi connectivity index (χ1) is 7.46.